The Balaban J connectivity index is 2.62. The van der Waals surface area contributed by atoms with Crippen LogP contribution in [0.25, 0.3) is 0 Å². The molecule has 0 aliphatic heterocycles. The first kappa shape index (κ1) is 19.4. The fourth-order valence-electron chi connectivity index (χ4n) is 1.74. The molecule has 1 unspecified atom stereocenters. The molecule has 1 atom stereocenters. The minimum Gasteiger partial charge on any atom is -0.481 e. The summed E-state index contributed by atoms with van der Waals surface area (Å²) in [4.78, 5) is 34.5. The molecule has 130 valence electrons. The van der Waals surface area contributed by atoms with Gasteiger partial charge < -0.3 is 19.3 Å². The SMILES string of the molecule is C=C(CC(=O)O)C(=O)OC(CCOC)C(=O)OCc1ccccc1. The molecule has 1 aromatic rings. The first-order valence-electron chi connectivity index (χ1n) is 7.24. The van der Waals surface area contributed by atoms with Crippen molar-refractivity contribution in [1.82, 2.24) is 0 Å². The lowest BCUT2D eigenvalue weighted by Gasteiger charge is -2.17. The third-order valence-electron chi connectivity index (χ3n) is 2.97. The molecule has 1 aromatic carbocycles. The molecule has 0 heterocycles. The Labute approximate surface area is 139 Å². The van der Waals surface area contributed by atoms with Gasteiger partial charge >= 0.3 is 17.9 Å². The van der Waals surface area contributed by atoms with Gasteiger partial charge in [-0.05, 0) is 5.56 Å². The number of carboxylic acid groups (broad SMARTS) is 1. The Kier molecular flexibility index (Phi) is 8.21. The van der Waals surface area contributed by atoms with E-state index in [1.165, 1.54) is 7.11 Å². The summed E-state index contributed by atoms with van der Waals surface area (Å²) in [5.74, 6) is -2.89. The van der Waals surface area contributed by atoms with E-state index in [-0.39, 0.29) is 25.2 Å². The molecule has 7 heteroatoms. The monoisotopic (exact) mass is 336 g/mol. The highest BCUT2D eigenvalue weighted by Crippen LogP contribution is 2.10. The van der Waals surface area contributed by atoms with E-state index in [9.17, 15) is 14.4 Å². The molecule has 0 saturated heterocycles. The molecule has 0 spiro atoms. The summed E-state index contributed by atoms with van der Waals surface area (Å²) in [5.41, 5.74) is 0.540. The number of benzene rings is 1. The number of hydrogen-bond donors (Lipinski definition) is 1. The van der Waals surface area contributed by atoms with Crippen LogP contribution in [0.3, 0.4) is 0 Å². The molecular weight excluding hydrogens is 316 g/mol. The van der Waals surface area contributed by atoms with Gasteiger partial charge in [0, 0.05) is 19.1 Å². The summed E-state index contributed by atoms with van der Waals surface area (Å²) >= 11 is 0. The molecule has 0 amide bonds. The van der Waals surface area contributed by atoms with Gasteiger partial charge in [-0.15, -0.1) is 0 Å². The topological polar surface area (TPSA) is 99.1 Å². The molecule has 1 N–H and O–H groups in total. The smallest absolute Gasteiger partial charge is 0.347 e. The molecule has 0 saturated carbocycles. The maximum Gasteiger partial charge on any atom is 0.347 e. The highest BCUT2D eigenvalue weighted by Gasteiger charge is 2.26. The second-order valence-corrected chi connectivity index (χ2v) is 4.94. The van der Waals surface area contributed by atoms with Gasteiger partial charge in [-0.1, -0.05) is 36.9 Å². The average molecular weight is 336 g/mol. The fraction of sp³-hybridized carbons (Fsp3) is 0.353. The number of carbonyl (C=O) groups excluding carboxylic acids is 2. The van der Waals surface area contributed by atoms with Crippen molar-refractivity contribution in [2.45, 2.75) is 25.6 Å². The summed E-state index contributed by atoms with van der Waals surface area (Å²) in [6.07, 6.45) is -1.66. The average Bonchev–Trinajstić information content (AvgIpc) is 2.56. The van der Waals surface area contributed by atoms with E-state index in [4.69, 9.17) is 19.3 Å². The van der Waals surface area contributed by atoms with Gasteiger partial charge in [-0.25, -0.2) is 9.59 Å². The van der Waals surface area contributed by atoms with Crippen LogP contribution in [0.2, 0.25) is 0 Å². The molecule has 0 aliphatic rings. The van der Waals surface area contributed by atoms with Crippen LogP contribution in [0.15, 0.2) is 42.5 Å². The Morgan fingerprint density at radius 2 is 1.88 bits per heavy atom. The van der Waals surface area contributed by atoms with Gasteiger partial charge in [-0.2, -0.15) is 0 Å². The molecule has 0 radical (unpaired) electrons. The van der Waals surface area contributed by atoms with Gasteiger partial charge in [0.05, 0.1) is 13.0 Å². The van der Waals surface area contributed by atoms with E-state index < -0.39 is 30.4 Å². The first-order valence-corrected chi connectivity index (χ1v) is 7.24. The zero-order valence-corrected chi connectivity index (χ0v) is 13.4. The Hall–Kier alpha value is -2.67. The standard InChI is InChI=1S/C17H20O7/c1-12(10-15(18)19)16(20)24-14(8-9-22-2)17(21)23-11-13-6-4-3-5-7-13/h3-7,14H,1,8-11H2,2H3,(H,18,19). The molecule has 0 aliphatic carbocycles. The van der Waals surface area contributed by atoms with Crippen molar-refractivity contribution >= 4 is 17.9 Å². The van der Waals surface area contributed by atoms with Crippen molar-refractivity contribution in [3.05, 3.63) is 48.0 Å². The zero-order valence-electron chi connectivity index (χ0n) is 13.4. The van der Waals surface area contributed by atoms with Crippen molar-refractivity contribution in [3.8, 4) is 0 Å². The number of methoxy groups -OCH3 is 1. The lowest BCUT2D eigenvalue weighted by molar-refractivity contribution is -0.168. The van der Waals surface area contributed by atoms with E-state index in [0.717, 1.165) is 5.56 Å². The van der Waals surface area contributed by atoms with Gasteiger partial charge in [0.25, 0.3) is 0 Å². The largest absolute Gasteiger partial charge is 0.481 e. The van der Waals surface area contributed by atoms with Gasteiger partial charge in [0.1, 0.15) is 6.61 Å². The summed E-state index contributed by atoms with van der Waals surface area (Å²) in [5, 5.41) is 8.65. The number of carboxylic acids is 1. The number of carbonyl (C=O) groups is 3. The Morgan fingerprint density at radius 3 is 2.46 bits per heavy atom. The van der Waals surface area contributed by atoms with E-state index in [1.54, 1.807) is 12.1 Å². The van der Waals surface area contributed by atoms with Gasteiger partial charge in [0.15, 0.2) is 0 Å². The second kappa shape index (κ2) is 10.2. The second-order valence-electron chi connectivity index (χ2n) is 4.94. The Bertz CT molecular complexity index is 580. The van der Waals surface area contributed by atoms with Gasteiger partial charge in [-0.3, -0.25) is 4.79 Å². The number of esters is 2. The molecule has 0 bridgehead atoms. The third-order valence-corrected chi connectivity index (χ3v) is 2.97. The van der Waals surface area contributed by atoms with Crippen molar-refractivity contribution in [3.63, 3.8) is 0 Å². The van der Waals surface area contributed by atoms with E-state index in [2.05, 4.69) is 6.58 Å². The fourth-order valence-corrected chi connectivity index (χ4v) is 1.74. The van der Waals surface area contributed by atoms with Crippen molar-refractivity contribution < 1.29 is 33.7 Å². The molecule has 24 heavy (non-hydrogen) atoms. The zero-order chi connectivity index (χ0) is 17.9. The minimum absolute atomic E-state index is 0.0385. The maximum absolute atomic E-state index is 12.1. The lowest BCUT2D eigenvalue weighted by Crippen LogP contribution is -2.31. The van der Waals surface area contributed by atoms with Crippen LogP contribution in [-0.2, 0) is 35.2 Å². The third kappa shape index (κ3) is 7.06. The summed E-state index contributed by atoms with van der Waals surface area (Å²) < 4.78 is 15.0. The highest BCUT2D eigenvalue weighted by atomic mass is 16.6. The quantitative estimate of drug-likeness (QED) is 0.513. The van der Waals surface area contributed by atoms with Crippen LogP contribution in [-0.4, -0.2) is 42.8 Å². The van der Waals surface area contributed by atoms with E-state index in [1.807, 2.05) is 18.2 Å². The molecule has 1 rings (SSSR count). The molecule has 7 nitrogen and oxygen atoms in total. The predicted octanol–water partition coefficient (Wildman–Crippen LogP) is 1.71. The molecular formula is C17H20O7. The maximum atomic E-state index is 12.1. The van der Waals surface area contributed by atoms with Crippen molar-refractivity contribution in [2.75, 3.05) is 13.7 Å². The normalized spacial score (nSPS) is 11.4. The van der Waals surface area contributed by atoms with Crippen LogP contribution in [0.1, 0.15) is 18.4 Å². The molecule has 0 aromatic heterocycles. The summed E-state index contributed by atoms with van der Waals surface area (Å²) in [7, 11) is 1.44. The number of aliphatic carboxylic acids is 1. The minimum atomic E-state index is -1.21. The summed E-state index contributed by atoms with van der Waals surface area (Å²) in [6.45, 7) is 3.55. The number of hydrogen-bond acceptors (Lipinski definition) is 6. The predicted molar refractivity (Wildman–Crippen MR) is 84.0 cm³/mol. The van der Waals surface area contributed by atoms with E-state index in [0.29, 0.717) is 0 Å². The lowest BCUT2D eigenvalue weighted by atomic mass is 10.2. The van der Waals surface area contributed by atoms with Crippen LogP contribution >= 0.6 is 0 Å². The summed E-state index contributed by atoms with van der Waals surface area (Å²) in [6, 6.07) is 9.03. The van der Waals surface area contributed by atoms with E-state index >= 15 is 0 Å². The van der Waals surface area contributed by atoms with Crippen LogP contribution in [0, 0.1) is 0 Å². The van der Waals surface area contributed by atoms with Crippen molar-refractivity contribution in [1.29, 1.82) is 0 Å². The van der Waals surface area contributed by atoms with Crippen LogP contribution in [0.4, 0.5) is 0 Å². The number of rotatable bonds is 10. The number of ether oxygens (including phenoxy) is 3. The highest BCUT2D eigenvalue weighted by molar-refractivity contribution is 5.94. The van der Waals surface area contributed by atoms with Crippen molar-refractivity contribution in [2.24, 2.45) is 0 Å². The molecule has 0 fully saturated rings. The van der Waals surface area contributed by atoms with Crippen LogP contribution < -0.4 is 0 Å². The first-order chi connectivity index (χ1) is 11.4. The van der Waals surface area contributed by atoms with Gasteiger partial charge in [0.2, 0.25) is 6.10 Å². The van der Waals surface area contributed by atoms with Crippen LogP contribution in [0.5, 0.6) is 0 Å². The Morgan fingerprint density at radius 1 is 1.21 bits per heavy atom.